The van der Waals surface area contributed by atoms with Gasteiger partial charge < -0.3 is 9.88 Å². The molecule has 0 amide bonds. The first kappa shape index (κ1) is 11.4. The first-order valence-corrected chi connectivity index (χ1v) is 6.42. The maximum Gasteiger partial charge on any atom is 0.147 e. The second-order valence-electron chi connectivity index (χ2n) is 4.97. The van der Waals surface area contributed by atoms with Gasteiger partial charge in [0.25, 0.3) is 0 Å². The second kappa shape index (κ2) is 4.53. The van der Waals surface area contributed by atoms with Crippen LogP contribution in [0, 0.1) is 13.8 Å². The molecular weight excluding hydrogens is 224 g/mol. The molecule has 18 heavy (non-hydrogen) atoms. The van der Waals surface area contributed by atoms with E-state index in [1.54, 1.807) is 0 Å². The van der Waals surface area contributed by atoms with Crippen LogP contribution in [0.4, 0.5) is 0 Å². The van der Waals surface area contributed by atoms with E-state index in [2.05, 4.69) is 52.1 Å². The molecule has 3 rings (SSSR count). The van der Waals surface area contributed by atoms with Crippen LogP contribution in [0.2, 0.25) is 0 Å². The van der Waals surface area contributed by atoms with Crippen molar-refractivity contribution in [2.45, 2.75) is 33.4 Å². The fourth-order valence-electron chi connectivity index (χ4n) is 2.44. The summed E-state index contributed by atoms with van der Waals surface area (Å²) in [5.41, 5.74) is 3.98. The van der Waals surface area contributed by atoms with Crippen LogP contribution in [0.3, 0.4) is 0 Å². The first-order valence-electron chi connectivity index (χ1n) is 6.42. The zero-order valence-electron chi connectivity index (χ0n) is 10.9. The quantitative estimate of drug-likeness (QED) is 0.869. The molecule has 0 radical (unpaired) electrons. The van der Waals surface area contributed by atoms with Crippen molar-refractivity contribution in [2.24, 2.45) is 0 Å². The first-order chi connectivity index (χ1) is 8.74. The van der Waals surface area contributed by atoms with Gasteiger partial charge in [0.15, 0.2) is 0 Å². The lowest BCUT2D eigenvalue weighted by molar-refractivity contribution is 0.495. The monoisotopic (exact) mass is 242 g/mol. The maximum absolute atomic E-state index is 4.34. The Kier molecular flexibility index (Phi) is 2.88. The van der Waals surface area contributed by atoms with Crippen LogP contribution in [0.1, 0.15) is 28.3 Å². The summed E-state index contributed by atoms with van der Waals surface area (Å²) in [6.45, 7) is 7.10. The molecule has 0 spiro atoms. The van der Waals surface area contributed by atoms with E-state index in [0.717, 1.165) is 37.7 Å². The van der Waals surface area contributed by atoms with E-state index in [9.17, 15) is 0 Å². The van der Waals surface area contributed by atoms with Gasteiger partial charge in [0.2, 0.25) is 0 Å². The summed E-state index contributed by atoms with van der Waals surface area (Å²) < 4.78 is 2.25. The van der Waals surface area contributed by atoms with Gasteiger partial charge in [-0.25, -0.2) is 0 Å². The second-order valence-corrected chi connectivity index (χ2v) is 4.97. The Bertz CT molecular complexity index is 571. The van der Waals surface area contributed by atoms with Crippen LogP contribution in [0.15, 0.2) is 18.2 Å². The fraction of sp³-hybridized carbons (Fsp3) is 0.429. The van der Waals surface area contributed by atoms with Crippen molar-refractivity contribution in [1.82, 2.24) is 20.1 Å². The van der Waals surface area contributed by atoms with Crippen LogP contribution >= 0.6 is 0 Å². The number of rotatable bonds is 2. The lowest BCUT2D eigenvalue weighted by Gasteiger charge is -2.16. The van der Waals surface area contributed by atoms with Crippen molar-refractivity contribution in [2.75, 3.05) is 6.54 Å². The molecule has 0 fully saturated rings. The van der Waals surface area contributed by atoms with Crippen LogP contribution in [0.25, 0.3) is 0 Å². The fourth-order valence-corrected chi connectivity index (χ4v) is 2.44. The molecular formula is C14H18N4. The predicted molar refractivity (Wildman–Crippen MR) is 70.5 cm³/mol. The molecule has 0 atom stereocenters. The molecule has 0 saturated heterocycles. The Balaban J connectivity index is 1.92. The lowest BCUT2D eigenvalue weighted by Crippen LogP contribution is -2.29. The Morgan fingerprint density at radius 3 is 3.06 bits per heavy atom. The van der Waals surface area contributed by atoms with Crippen LogP contribution in [-0.2, 0) is 19.5 Å². The van der Waals surface area contributed by atoms with E-state index >= 15 is 0 Å². The van der Waals surface area contributed by atoms with Gasteiger partial charge in [-0.2, -0.15) is 0 Å². The Morgan fingerprint density at radius 1 is 1.28 bits per heavy atom. The van der Waals surface area contributed by atoms with Gasteiger partial charge in [0, 0.05) is 19.5 Å². The van der Waals surface area contributed by atoms with Crippen molar-refractivity contribution in [3.63, 3.8) is 0 Å². The average molecular weight is 242 g/mol. The van der Waals surface area contributed by atoms with E-state index < -0.39 is 0 Å². The van der Waals surface area contributed by atoms with E-state index in [4.69, 9.17) is 0 Å². The maximum atomic E-state index is 4.34. The molecule has 2 aromatic rings. The number of benzene rings is 1. The topological polar surface area (TPSA) is 42.7 Å². The van der Waals surface area contributed by atoms with Gasteiger partial charge in [-0.15, -0.1) is 10.2 Å². The highest BCUT2D eigenvalue weighted by Gasteiger charge is 2.15. The molecule has 94 valence electrons. The molecule has 1 aliphatic heterocycles. The van der Waals surface area contributed by atoms with Crippen molar-refractivity contribution < 1.29 is 0 Å². The van der Waals surface area contributed by atoms with Crippen molar-refractivity contribution in [1.29, 1.82) is 0 Å². The summed E-state index contributed by atoms with van der Waals surface area (Å²) >= 11 is 0. The minimum Gasteiger partial charge on any atom is -0.312 e. The zero-order valence-corrected chi connectivity index (χ0v) is 10.9. The SMILES string of the molecule is Cc1ccc(C)c(Cc2nnc3n2CCNC3)c1. The summed E-state index contributed by atoms with van der Waals surface area (Å²) in [7, 11) is 0. The van der Waals surface area contributed by atoms with Gasteiger partial charge >= 0.3 is 0 Å². The van der Waals surface area contributed by atoms with Gasteiger partial charge in [-0.3, -0.25) is 0 Å². The van der Waals surface area contributed by atoms with Gasteiger partial charge in [0.1, 0.15) is 11.6 Å². The van der Waals surface area contributed by atoms with Crippen molar-refractivity contribution >= 4 is 0 Å². The van der Waals surface area contributed by atoms with E-state index in [0.29, 0.717) is 0 Å². The largest absolute Gasteiger partial charge is 0.312 e. The summed E-state index contributed by atoms with van der Waals surface area (Å²) in [5, 5.41) is 11.9. The average Bonchev–Trinajstić information content (AvgIpc) is 2.78. The van der Waals surface area contributed by atoms with E-state index in [1.165, 1.54) is 16.7 Å². The standard InChI is InChI=1S/C14H18N4/c1-10-3-4-11(2)12(7-10)8-13-16-17-14-9-15-5-6-18(13)14/h3-4,7,15H,5-6,8-9H2,1-2H3. The third-order valence-electron chi connectivity index (χ3n) is 3.55. The number of fused-ring (bicyclic) bond motifs is 1. The third-order valence-corrected chi connectivity index (χ3v) is 3.55. The normalized spacial score (nSPS) is 14.6. The number of hydrogen-bond acceptors (Lipinski definition) is 3. The number of nitrogens with zero attached hydrogens (tertiary/aromatic N) is 3. The van der Waals surface area contributed by atoms with E-state index in [1.807, 2.05) is 0 Å². The van der Waals surface area contributed by atoms with Crippen LogP contribution in [0.5, 0.6) is 0 Å². The van der Waals surface area contributed by atoms with Gasteiger partial charge in [-0.1, -0.05) is 23.8 Å². The molecule has 1 N–H and O–H groups in total. The Morgan fingerprint density at radius 2 is 2.17 bits per heavy atom. The summed E-state index contributed by atoms with van der Waals surface area (Å²) in [4.78, 5) is 0. The van der Waals surface area contributed by atoms with Crippen molar-refractivity contribution in [3.8, 4) is 0 Å². The van der Waals surface area contributed by atoms with Crippen molar-refractivity contribution in [3.05, 3.63) is 46.5 Å². The Labute approximate surface area is 107 Å². The minimum atomic E-state index is 0.833. The number of hydrogen-bond donors (Lipinski definition) is 1. The number of aryl methyl sites for hydroxylation is 2. The Hall–Kier alpha value is -1.68. The third kappa shape index (κ3) is 2.04. The van der Waals surface area contributed by atoms with Crippen LogP contribution in [-0.4, -0.2) is 21.3 Å². The molecule has 0 saturated carbocycles. The highest BCUT2D eigenvalue weighted by molar-refractivity contribution is 5.32. The van der Waals surface area contributed by atoms with Gasteiger partial charge in [-0.05, 0) is 25.0 Å². The summed E-state index contributed by atoms with van der Waals surface area (Å²) in [6, 6.07) is 6.58. The number of aromatic nitrogens is 3. The molecule has 4 heteroatoms. The highest BCUT2D eigenvalue weighted by atomic mass is 15.3. The smallest absolute Gasteiger partial charge is 0.147 e. The molecule has 4 nitrogen and oxygen atoms in total. The van der Waals surface area contributed by atoms with Gasteiger partial charge in [0.05, 0.1) is 6.54 Å². The number of nitrogens with one attached hydrogen (secondary N) is 1. The summed E-state index contributed by atoms with van der Waals surface area (Å²) in [5.74, 6) is 2.14. The molecule has 1 aromatic carbocycles. The van der Waals surface area contributed by atoms with Crippen LogP contribution < -0.4 is 5.32 Å². The molecule has 1 aromatic heterocycles. The van der Waals surface area contributed by atoms with E-state index in [-0.39, 0.29) is 0 Å². The molecule has 0 bridgehead atoms. The molecule has 0 aliphatic carbocycles. The summed E-state index contributed by atoms with van der Waals surface area (Å²) in [6.07, 6.45) is 0.876. The highest BCUT2D eigenvalue weighted by Crippen LogP contribution is 2.16. The predicted octanol–water partition coefficient (Wildman–Crippen LogP) is 1.59. The minimum absolute atomic E-state index is 0.833. The molecule has 0 unspecified atom stereocenters. The molecule has 1 aliphatic rings. The lowest BCUT2D eigenvalue weighted by atomic mass is 10.0. The zero-order chi connectivity index (χ0) is 12.5. The molecule has 2 heterocycles.